The molecule has 1 aromatic carbocycles. The second-order valence-corrected chi connectivity index (χ2v) is 6.75. The Hall–Kier alpha value is -2.82. The molecule has 1 N–H and O–H groups in total. The molecule has 1 unspecified atom stereocenters. The molecule has 0 radical (unpaired) electrons. The van der Waals surface area contributed by atoms with Crippen molar-refractivity contribution < 1.29 is 9.53 Å². The number of nitrogens with zero attached hydrogens (tertiary/aromatic N) is 2. The minimum Gasteiger partial charge on any atom is -0.481 e. The van der Waals surface area contributed by atoms with Gasteiger partial charge in [0.05, 0.1) is 19.0 Å². The summed E-state index contributed by atoms with van der Waals surface area (Å²) in [7, 11) is 1.57. The molecule has 3 rings (SSSR count). The first-order valence-electron chi connectivity index (χ1n) is 8.88. The predicted octanol–water partition coefficient (Wildman–Crippen LogP) is 4.36. The van der Waals surface area contributed by atoms with Crippen LogP contribution in [0.3, 0.4) is 0 Å². The van der Waals surface area contributed by atoms with Gasteiger partial charge in [-0.2, -0.15) is 0 Å². The number of methoxy groups -OCH3 is 1. The Morgan fingerprint density at radius 1 is 1.35 bits per heavy atom. The number of piperidine rings is 1. The SMILES string of the molecule is COc1ccc(NC(=O)N2CCC(=Cc3cccc(C)c3)C(C)C2)cn1. The molecule has 1 aliphatic heterocycles. The van der Waals surface area contributed by atoms with E-state index in [0.717, 1.165) is 13.0 Å². The van der Waals surface area contributed by atoms with Gasteiger partial charge in [-0.1, -0.05) is 48.4 Å². The Labute approximate surface area is 154 Å². The maximum absolute atomic E-state index is 12.5. The van der Waals surface area contributed by atoms with Crippen LogP contribution in [0.2, 0.25) is 0 Å². The van der Waals surface area contributed by atoms with E-state index >= 15 is 0 Å². The zero-order valence-electron chi connectivity index (χ0n) is 15.5. The summed E-state index contributed by atoms with van der Waals surface area (Å²) < 4.78 is 5.03. The largest absolute Gasteiger partial charge is 0.481 e. The van der Waals surface area contributed by atoms with E-state index in [2.05, 4.69) is 54.5 Å². The summed E-state index contributed by atoms with van der Waals surface area (Å²) in [4.78, 5) is 18.5. The Morgan fingerprint density at radius 3 is 2.85 bits per heavy atom. The van der Waals surface area contributed by atoms with Crippen molar-refractivity contribution in [3.63, 3.8) is 0 Å². The molecule has 0 bridgehead atoms. The monoisotopic (exact) mass is 351 g/mol. The standard InChI is InChI=1S/C21H25N3O2/c1-15-5-4-6-17(11-15)12-18-9-10-24(14-16(18)2)21(25)23-19-7-8-20(26-3)22-13-19/h4-8,11-13,16H,9-10,14H2,1-3H3,(H,23,25). The average Bonchev–Trinajstić information content (AvgIpc) is 2.64. The van der Waals surface area contributed by atoms with Crippen molar-refractivity contribution in [2.45, 2.75) is 20.3 Å². The van der Waals surface area contributed by atoms with Crippen LogP contribution in [0.1, 0.15) is 24.5 Å². The number of hydrogen-bond donors (Lipinski definition) is 1. The van der Waals surface area contributed by atoms with Crippen molar-refractivity contribution in [2.75, 3.05) is 25.5 Å². The van der Waals surface area contributed by atoms with Gasteiger partial charge in [0, 0.05) is 19.2 Å². The summed E-state index contributed by atoms with van der Waals surface area (Å²) in [6.07, 6.45) is 4.76. The summed E-state index contributed by atoms with van der Waals surface area (Å²) in [5, 5.41) is 2.90. The van der Waals surface area contributed by atoms with Gasteiger partial charge in [0.15, 0.2) is 0 Å². The predicted molar refractivity (Wildman–Crippen MR) is 104 cm³/mol. The number of carbonyl (C=O) groups excluding carboxylic acids is 1. The van der Waals surface area contributed by atoms with E-state index in [1.165, 1.54) is 16.7 Å². The van der Waals surface area contributed by atoms with E-state index in [1.54, 1.807) is 25.4 Å². The number of aromatic nitrogens is 1. The number of urea groups is 1. The fraction of sp³-hybridized carbons (Fsp3) is 0.333. The lowest BCUT2D eigenvalue weighted by Gasteiger charge is -2.33. The van der Waals surface area contributed by atoms with Gasteiger partial charge in [0.25, 0.3) is 0 Å². The summed E-state index contributed by atoms with van der Waals surface area (Å²) in [5.41, 5.74) is 4.56. The van der Waals surface area contributed by atoms with Gasteiger partial charge in [0.1, 0.15) is 0 Å². The fourth-order valence-electron chi connectivity index (χ4n) is 3.20. The minimum absolute atomic E-state index is 0.0848. The number of ether oxygens (including phenoxy) is 1. The van der Waals surface area contributed by atoms with Crippen LogP contribution >= 0.6 is 0 Å². The fourth-order valence-corrected chi connectivity index (χ4v) is 3.20. The van der Waals surface area contributed by atoms with Crippen LogP contribution in [0.15, 0.2) is 48.2 Å². The molecule has 26 heavy (non-hydrogen) atoms. The van der Waals surface area contributed by atoms with Crippen molar-refractivity contribution in [1.29, 1.82) is 0 Å². The summed E-state index contributed by atoms with van der Waals surface area (Å²) >= 11 is 0. The molecule has 2 aromatic rings. The van der Waals surface area contributed by atoms with Gasteiger partial charge in [-0.15, -0.1) is 0 Å². The quantitative estimate of drug-likeness (QED) is 0.894. The first-order valence-corrected chi connectivity index (χ1v) is 8.88. The van der Waals surface area contributed by atoms with E-state index in [0.29, 0.717) is 24.0 Å². The van der Waals surface area contributed by atoms with E-state index in [1.807, 2.05) is 4.90 Å². The van der Waals surface area contributed by atoms with E-state index < -0.39 is 0 Å². The number of aryl methyl sites for hydroxylation is 1. The topological polar surface area (TPSA) is 54.5 Å². The van der Waals surface area contributed by atoms with Crippen molar-refractivity contribution >= 4 is 17.8 Å². The van der Waals surface area contributed by atoms with Gasteiger partial charge in [-0.3, -0.25) is 0 Å². The number of nitrogens with one attached hydrogen (secondary N) is 1. The van der Waals surface area contributed by atoms with E-state index in [4.69, 9.17) is 4.74 Å². The Balaban J connectivity index is 1.61. The molecule has 1 aromatic heterocycles. The molecular weight excluding hydrogens is 326 g/mol. The molecule has 1 aliphatic rings. The molecule has 136 valence electrons. The van der Waals surface area contributed by atoms with Gasteiger partial charge >= 0.3 is 6.03 Å². The third-order valence-corrected chi connectivity index (χ3v) is 4.68. The van der Waals surface area contributed by atoms with Gasteiger partial charge < -0.3 is 15.0 Å². The molecule has 0 spiro atoms. The van der Waals surface area contributed by atoms with Crippen molar-refractivity contribution in [1.82, 2.24) is 9.88 Å². The van der Waals surface area contributed by atoms with Crippen LogP contribution < -0.4 is 10.1 Å². The second-order valence-electron chi connectivity index (χ2n) is 6.75. The molecule has 5 heteroatoms. The lowest BCUT2D eigenvalue weighted by atomic mass is 9.91. The number of pyridine rings is 1. The molecular formula is C21H25N3O2. The molecule has 0 aliphatic carbocycles. The van der Waals surface area contributed by atoms with Crippen LogP contribution in [0.4, 0.5) is 10.5 Å². The van der Waals surface area contributed by atoms with Crippen molar-refractivity contribution in [2.24, 2.45) is 5.92 Å². The van der Waals surface area contributed by atoms with Gasteiger partial charge in [0.2, 0.25) is 5.88 Å². The number of amides is 2. The molecule has 1 atom stereocenters. The van der Waals surface area contributed by atoms with Crippen molar-refractivity contribution in [3.8, 4) is 5.88 Å². The van der Waals surface area contributed by atoms with Crippen LogP contribution in [0.25, 0.3) is 6.08 Å². The molecule has 5 nitrogen and oxygen atoms in total. The Kier molecular flexibility index (Phi) is 5.56. The maximum Gasteiger partial charge on any atom is 0.321 e. The Morgan fingerprint density at radius 2 is 2.19 bits per heavy atom. The normalized spacial score (nSPS) is 18.7. The van der Waals surface area contributed by atoms with E-state index in [9.17, 15) is 4.79 Å². The Bertz CT molecular complexity index is 799. The van der Waals surface area contributed by atoms with Crippen LogP contribution in [-0.4, -0.2) is 36.1 Å². The third kappa shape index (κ3) is 4.42. The molecule has 0 saturated carbocycles. The number of hydrogen-bond acceptors (Lipinski definition) is 3. The smallest absolute Gasteiger partial charge is 0.321 e. The number of rotatable bonds is 3. The van der Waals surface area contributed by atoms with E-state index in [-0.39, 0.29) is 6.03 Å². The zero-order chi connectivity index (χ0) is 18.5. The number of likely N-dealkylation sites (tertiary alicyclic amines) is 1. The number of benzene rings is 1. The highest BCUT2D eigenvalue weighted by Gasteiger charge is 2.24. The molecule has 1 saturated heterocycles. The van der Waals surface area contributed by atoms with Gasteiger partial charge in [-0.05, 0) is 30.9 Å². The highest BCUT2D eigenvalue weighted by molar-refractivity contribution is 5.89. The first-order chi connectivity index (χ1) is 12.5. The molecule has 2 amide bonds. The molecule has 2 heterocycles. The minimum atomic E-state index is -0.0848. The number of carbonyl (C=O) groups is 1. The highest BCUT2D eigenvalue weighted by atomic mass is 16.5. The summed E-state index contributed by atoms with van der Waals surface area (Å²) in [6.45, 7) is 5.72. The first kappa shape index (κ1) is 18.0. The van der Waals surface area contributed by atoms with Crippen LogP contribution in [-0.2, 0) is 0 Å². The van der Waals surface area contributed by atoms with Crippen molar-refractivity contribution in [3.05, 3.63) is 59.3 Å². The second kappa shape index (κ2) is 8.04. The third-order valence-electron chi connectivity index (χ3n) is 4.68. The maximum atomic E-state index is 12.5. The summed E-state index contributed by atoms with van der Waals surface area (Å²) in [6, 6.07) is 11.9. The van der Waals surface area contributed by atoms with Crippen LogP contribution in [0, 0.1) is 12.8 Å². The van der Waals surface area contributed by atoms with Crippen LogP contribution in [0.5, 0.6) is 5.88 Å². The summed E-state index contributed by atoms with van der Waals surface area (Å²) in [5.74, 6) is 0.865. The zero-order valence-corrected chi connectivity index (χ0v) is 15.5. The highest BCUT2D eigenvalue weighted by Crippen LogP contribution is 2.25. The lowest BCUT2D eigenvalue weighted by molar-refractivity contribution is 0.198. The number of anilines is 1. The average molecular weight is 351 g/mol. The molecule has 1 fully saturated rings. The lowest BCUT2D eigenvalue weighted by Crippen LogP contribution is -2.42. The van der Waals surface area contributed by atoms with Gasteiger partial charge in [-0.25, -0.2) is 9.78 Å².